The van der Waals surface area contributed by atoms with Crippen molar-refractivity contribution in [2.75, 3.05) is 125 Å². The van der Waals surface area contributed by atoms with E-state index in [1.54, 1.807) is 4.90 Å². The van der Waals surface area contributed by atoms with Gasteiger partial charge in [-0.2, -0.15) is 0 Å². The van der Waals surface area contributed by atoms with Crippen LogP contribution in [0.3, 0.4) is 0 Å². The largest absolute Gasteiger partial charge is 1.00 e. The molecule has 22 nitrogen and oxygen atoms in total. The molecule has 6 aliphatic heterocycles. The van der Waals surface area contributed by atoms with E-state index in [1.807, 2.05) is 229 Å². The van der Waals surface area contributed by atoms with Crippen LogP contribution in [0.4, 0.5) is 11.4 Å². The van der Waals surface area contributed by atoms with Crippen molar-refractivity contribution in [2.45, 2.75) is 137 Å². The number of hydrogen-bond donors (Lipinski definition) is 5. The van der Waals surface area contributed by atoms with Crippen molar-refractivity contribution in [1.82, 2.24) is 31.1 Å². The van der Waals surface area contributed by atoms with E-state index in [2.05, 4.69) is 276 Å². The zero-order chi connectivity index (χ0) is 103. The Balaban J connectivity index is 0.000000310. The average Bonchev–Trinajstić information content (AvgIpc) is 1.08. The molecule has 0 aliphatic carbocycles. The number of likely N-dealkylation sites (tertiary alicyclic amines) is 1. The number of benzene rings is 12. The number of hydrogen-bond acceptors (Lipinski definition) is 16. The summed E-state index contributed by atoms with van der Waals surface area (Å²) in [7, 11) is 23.0. The molecule has 12 aromatic carbocycles. The van der Waals surface area contributed by atoms with Crippen molar-refractivity contribution in [2.24, 2.45) is 0 Å². The monoisotopic (exact) mass is 2090 g/mol. The Labute approximate surface area is 933 Å². The summed E-state index contributed by atoms with van der Waals surface area (Å²) in [5, 5.41) is 30.1. The van der Waals surface area contributed by atoms with Crippen molar-refractivity contribution in [3.63, 3.8) is 0 Å². The molecule has 18 rings (SSSR count). The van der Waals surface area contributed by atoms with E-state index in [-0.39, 0.29) is 121 Å². The molecule has 147 heavy (non-hydrogen) atoms. The number of piperidine rings is 2. The van der Waals surface area contributed by atoms with Gasteiger partial charge in [0.2, 0.25) is 32.2 Å². The third kappa shape index (κ3) is 30.5. The summed E-state index contributed by atoms with van der Waals surface area (Å²) in [6.07, 6.45) is 8.93. The van der Waals surface area contributed by atoms with Gasteiger partial charge < -0.3 is 67.0 Å². The number of carboxylic acid groups (broad SMARTS) is 1. The number of anilines is 2. The fourth-order valence-corrected chi connectivity index (χ4v) is 20.9. The number of ether oxygens (including phenoxy) is 2. The number of carbonyl (C=O) groups excluding carboxylic acids is 5. The SMILES string of the molecule is C.C.CCCC(C(=O)Cl)(c1ccccc1)c1ccccc1.CCCC(C(=O)O)(c1ccccc1)c1ccccc1.CN(C)C(=O)C(CCN1CCC2(CC1)C(=O)NCN2c1ccccc1)(c1ccccc1)c1ccccc1.CNC.C[N+](C)=C1OCCC1(c1ccccc1)c1ccccc1.C[N+](C)=C1OCCC1(c1ccccc1)c1ccccc1.O=C1NCN(c2ccccc2)C12CCNCC2.O=CO[O-].O=S(Cl)Cl.[H-].[Na+].[Na+]. The summed E-state index contributed by atoms with van der Waals surface area (Å²) in [4.78, 5) is 83.2. The predicted molar refractivity (Wildman–Crippen MR) is 589 cm³/mol. The molecular formula is C119H145Cl3N10Na2O12S+2. The van der Waals surface area contributed by atoms with Gasteiger partial charge in [-0.3, -0.25) is 28.8 Å². The van der Waals surface area contributed by atoms with Crippen LogP contribution in [0.1, 0.15) is 156 Å². The van der Waals surface area contributed by atoms with Crippen molar-refractivity contribution < 1.29 is 127 Å². The minimum Gasteiger partial charge on any atom is -1.00 e. The van der Waals surface area contributed by atoms with Gasteiger partial charge >= 0.3 is 76.9 Å². The van der Waals surface area contributed by atoms with Gasteiger partial charge in [-0.15, -0.1) is 0 Å². The summed E-state index contributed by atoms with van der Waals surface area (Å²) in [6.45, 7) is 10.8. The zero-order valence-corrected chi connectivity index (χ0v) is 92.6. The van der Waals surface area contributed by atoms with Crippen molar-refractivity contribution >= 4 is 101 Å². The fraction of sp³-hybridized carbons (Fsp3) is 0.328. The molecule has 6 heterocycles. The first-order valence-electron chi connectivity index (χ1n) is 48.6. The van der Waals surface area contributed by atoms with E-state index >= 15 is 0 Å². The van der Waals surface area contributed by atoms with Crippen LogP contribution < -0.4 is 95.4 Å². The van der Waals surface area contributed by atoms with Gasteiger partial charge in [0.1, 0.15) is 60.9 Å². The van der Waals surface area contributed by atoms with Crippen LogP contribution in [0.5, 0.6) is 0 Å². The molecule has 3 amide bonds. The van der Waals surface area contributed by atoms with Crippen LogP contribution in [0.25, 0.3) is 0 Å². The number of para-hydroxylation sites is 2. The number of nitrogens with zero attached hydrogens (tertiary/aromatic N) is 6. The van der Waals surface area contributed by atoms with Gasteiger partial charge in [0.25, 0.3) is 6.47 Å². The molecule has 0 bridgehead atoms. The maximum Gasteiger partial charge on any atom is 1.00 e. The number of halogens is 3. The molecule has 770 valence electrons. The topological polar surface area (TPSA) is 258 Å². The van der Waals surface area contributed by atoms with E-state index in [1.165, 1.54) is 22.3 Å². The number of likely N-dealkylation sites (N-methyl/N-ethyl adjacent to an activating group) is 1. The standard InChI is InChI=1S/C31H36N4O2.2C18H20NO.C17H17ClO.C17H18O2.C13H17N3O.C2H7N.CH2O3.2CH4.Cl2OS.2Na.H/c1-33(2)29(37)31(25-12-6-3-7-13-25,26-14-8-4-9-15-26)20-23-34-21-18-30(19-22-34)28(36)32-24-35(30)27-16-10-5-11-17-27;2*1-19(2)17-18(13-14-20-17,15-9-5-3-6-10-15)16-11-7-4-8-12-16;2*1-2-13-17(16(18)19,14-9-5-3-6-10-14)15-11-7-4-8-12-15;17-12-13(6-8-14-9-7-13)16(10-15-12)11-4-2-1-3-5-11;1-3-2;2-1-4-3;;;1-4(2)3;;;/h3-17H,18-24H2,1-2H3,(H,32,36);2*3-12H,13-14H2,1-2H3;3-12H,2,13H2,1H3;3-12H,2,13H2,1H3,(H,18,19);1-5,14H,6-10H2,(H,15,17);3H,1-2H3;1,3H;2*1H4;;;;/q;2*+1;;;;;;;;;2*+1;-1/p-1. The summed E-state index contributed by atoms with van der Waals surface area (Å²) in [5.74, 6) is 1.69. The van der Waals surface area contributed by atoms with Gasteiger partial charge in [-0.05, 0) is 170 Å². The first-order chi connectivity index (χ1) is 69.3. The van der Waals surface area contributed by atoms with Gasteiger partial charge in [0.05, 0.1) is 32.0 Å². The third-order valence-electron chi connectivity index (χ3n) is 27.1. The molecule has 0 radical (unpaired) electrons. The molecule has 5 N–H and O–H groups in total. The molecule has 0 aromatic heterocycles. The van der Waals surface area contributed by atoms with Gasteiger partial charge in [0, 0.05) is 72.8 Å². The first kappa shape index (κ1) is 125. The molecule has 6 fully saturated rings. The van der Waals surface area contributed by atoms with Crippen LogP contribution in [0.2, 0.25) is 0 Å². The maximum atomic E-state index is 13.9. The molecule has 2 spiro atoms. The van der Waals surface area contributed by atoms with Gasteiger partial charge in [-0.1, -0.05) is 381 Å². The molecule has 6 aliphatic rings. The average molecular weight is 2090 g/mol. The Kier molecular flexibility index (Phi) is 53.0. The normalized spacial score (nSPS) is 15.0. The number of aliphatic carboxylic acids is 1. The second-order valence-corrected chi connectivity index (χ2v) is 39.1. The van der Waals surface area contributed by atoms with Crippen molar-refractivity contribution in [3.05, 3.63) is 420 Å². The Morgan fingerprint density at radius 1 is 0.463 bits per heavy atom. The van der Waals surface area contributed by atoms with E-state index in [0.29, 0.717) is 32.6 Å². The summed E-state index contributed by atoms with van der Waals surface area (Å²) in [6, 6.07) is 122. The van der Waals surface area contributed by atoms with Gasteiger partial charge in [-0.25, -0.2) is 13.4 Å². The van der Waals surface area contributed by atoms with Crippen LogP contribution in [-0.4, -0.2) is 202 Å². The molecule has 0 atom stereocenters. The van der Waals surface area contributed by atoms with Gasteiger partial charge in [0.15, 0.2) is 0 Å². The smallest absolute Gasteiger partial charge is 1.00 e. The van der Waals surface area contributed by atoms with Crippen molar-refractivity contribution in [3.8, 4) is 0 Å². The minimum absolute atomic E-state index is 0. The number of carbonyl (C=O) groups is 6. The fourth-order valence-electron chi connectivity index (χ4n) is 20.6. The molecule has 6 saturated heterocycles. The molecule has 12 aromatic rings. The van der Waals surface area contributed by atoms with E-state index in [4.69, 9.17) is 35.3 Å². The van der Waals surface area contributed by atoms with E-state index < -0.39 is 37.0 Å². The van der Waals surface area contributed by atoms with E-state index in [9.17, 15) is 29.1 Å². The molecule has 0 unspecified atom stereocenters. The zero-order valence-electron chi connectivity index (χ0n) is 86.5. The van der Waals surface area contributed by atoms with Crippen LogP contribution in [0.15, 0.2) is 364 Å². The second kappa shape index (κ2) is 62.5. The Bertz CT molecular complexity index is 5570. The summed E-state index contributed by atoms with van der Waals surface area (Å²) >= 11 is 6.01. The van der Waals surface area contributed by atoms with Crippen molar-refractivity contribution in [1.29, 1.82) is 0 Å². The Morgan fingerprint density at radius 3 is 0.966 bits per heavy atom. The van der Waals surface area contributed by atoms with Crippen LogP contribution in [0, 0.1) is 0 Å². The molecular weight excluding hydrogens is 1950 g/mol. The van der Waals surface area contributed by atoms with E-state index in [0.717, 1.165) is 154 Å². The minimum atomic E-state index is -1.67. The number of amides is 3. The Morgan fingerprint density at radius 2 is 0.714 bits per heavy atom. The summed E-state index contributed by atoms with van der Waals surface area (Å²) in [5.41, 5.74) is 9.43. The molecule has 28 heteroatoms. The number of carboxylic acids is 1. The Hall–Kier alpha value is -10.9. The maximum absolute atomic E-state index is 13.9. The number of nitrogens with one attached hydrogen (secondary N) is 4. The first-order valence-corrected chi connectivity index (χ1v) is 51.7. The third-order valence-corrected chi connectivity index (χ3v) is 27.5. The van der Waals surface area contributed by atoms with Crippen LogP contribution >= 0.6 is 33.0 Å². The number of rotatable bonds is 23. The van der Waals surface area contributed by atoms with Crippen LogP contribution in [-0.2, 0) is 79.4 Å². The second-order valence-electron chi connectivity index (χ2n) is 36.2. The molecule has 0 saturated carbocycles. The summed E-state index contributed by atoms with van der Waals surface area (Å²) < 4.78 is 25.3. The quantitative estimate of drug-likeness (QED) is 0.00996. The predicted octanol–water partition coefficient (Wildman–Crippen LogP) is 13.8.